The van der Waals surface area contributed by atoms with Crippen LogP contribution in [0.3, 0.4) is 0 Å². The molecule has 28 heavy (non-hydrogen) atoms. The van der Waals surface area contributed by atoms with Crippen molar-refractivity contribution in [2.75, 3.05) is 31.1 Å². The molecule has 0 atom stereocenters. The highest BCUT2D eigenvalue weighted by Gasteiger charge is 2.26. The van der Waals surface area contributed by atoms with Crippen molar-refractivity contribution in [2.24, 2.45) is 0 Å². The van der Waals surface area contributed by atoms with Gasteiger partial charge in [-0.3, -0.25) is 14.2 Å². The predicted molar refractivity (Wildman–Crippen MR) is 108 cm³/mol. The fourth-order valence-corrected chi connectivity index (χ4v) is 3.83. The summed E-state index contributed by atoms with van der Waals surface area (Å²) in [5.41, 5.74) is 1.65. The smallest absolute Gasteiger partial charge is 0.256 e. The molecule has 1 fully saturated rings. The maximum absolute atomic E-state index is 14.0. The van der Waals surface area contributed by atoms with E-state index in [1.807, 2.05) is 4.90 Å². The van der Waals surface area contributed by atoms with Gasteiger partial charge >= 0.3 is 0 Å². The van der Waals surface area contributed by atoms with Crippen molar-refractivity contribution < 1.29 is 14.0 Å². The number of anilines is 1. The van der Waals surface area contributed by atoms with Gasteiger partial charge in [-0.05, 0) is 24.3 Å². The summed E-state index contributed by atoms with van der Waals surface area (Å²) in [6.07, 6.45) is 1.58. The van der Waals surface area contributed by atoms with Crippen LogP contribution >= 0.6 is 11.6 Å². The number of carbonyl (C=O) groups excluding carboxylic acids is 2. The molecule has 0 spiro atoms. The molecule has 2 aromatic carbocycles. The van der Waals surface area contributed by atoms with E-state index in [1.54, 1.807) is 47.5 Å². The SMILES string of the molecule is CC(=O)n1cc(C(=O)N2CCN(c3ccccc3F)CC2)c2ccc(Cl)cc21. The second-order valence-corrected chi connectivity index (χ2v) is 7.26. The second kappa shape index (κ2) is 7.28. The Bertz CT molecular complexity index is 1070. The Kier molecular flexibility index (Phi) is 4.81. The van der Waals surface area contributed by atoms with Gasteiger partial charge in [0, 0.05) is 49.7 Å². The molecule has 5 nitrogen and oxygen atoms in total. The number of hydrogen-bond donors (Lipinski definition) is 0. The summed E-state index contributed by atoms with van der Waals surface area (Å²) in [5, 5.41) is 1.20. The van der Waals surface area contributed by atoms with E-state index in [0.29, 0.717) is 53.4 Å². The summed E-state index contributed by atoms with van der Waals surface area (Å²) >= 11 is 6.06. The van der Waals surface area contributed by atoms with Crippen LogP contribution in [0.2, 0.25) is 5.02 Å². The van der Waals surface area contributed by atoms with Crippen molar-refractivity contribution in [3.8, 4) is 0 Å². The average Bonchev–Trinajstić information content (AvgIpc) is 3.07. The number of nitrogens with zero attached hydrogens (tertiary/aromatic N) is 3. The zero-order chi connectivity index (χ0) is 19.8. The zero-order valence-electron chi connectivity index (χ0n) is 15.4. The number of para-hydroxylation sites is 1. The first-order valence-corrected chi connectivity index (χ1v) is 9.44. The highest BCUT2D eigenvalue weighted by atomic mass is 35.5. The van der Waals surface area contributed by atoms with Gasteiger partial charge in [-0.1, -0.05) is 29.8 Å². The van der Waals surface area contributed by atoms with Crippen LogP contribution in [0.5, 0.6) is 0 Å². The monoisotopic (exact) mass is 399 g/mol. The lowest BCUT2D eigenvalue weighted by Gasteiger charge is -2.36. The standard InChI is InChI=1S/C21H19ClFN3O2/c1-14(27)26-13-17(16-7-6-15(22)12-20(16)26)21(28)25-10-8-24(9-11-25)19-5-3-2-4-18(19)23/h2-7,12-13H,8-11H2,1H3. The van der Waals surface area contributed by atoms with E-state index in [1.165, 1.54) is 17.6 Å². The van der Waals surface area contributed by atoms with Crippen molar-refractivity contribution in [3.63, 3.8) is 0 Å². The molecule has 3 aromatic rings. The molecule has 7 heteroatoms. The van der Waals surface area contributed by atoms with Crippen LogP contribution in [0.1, 0.15) is 22.1 Å². The summed E-state index contributed by atoms with van der Waals surface area (Å²) in [7, 11) is 0. The number of amides is 1. The highest BCUT2D eigenvalue weighted by Crippen LogP contribution is 2.27. The maximum Gasteiger partial charge on any atom is 0.256 e. The van der Waals surface area contributed by atoms with E-state index in [0.717, 1.165) is 0 Å². The van der Waals surface area contributed by atoms with Gasteiger partial charge in [-0.2, -0.15) is 0 Å². The third-order valence-electron chi connectivity index (χ3n) is 5.10. The third-order valence-corrected chi connectivity index (χ3v) is 5.33. The minimum atomic E-state index is -0.260. The Morgan fingerprint density at radius 2 is 1.75 bits per heavy atom. The highest BCUT2D eigenvalue weighted by molar-refractivity contribution is 6.31. The maximum atomic E-state index is 14.0. The second-order valence-electron chi connectivity index (χ2n) is 6.82. The molecule has 0 aliphatic carbocycles. The molecule has 1 amide bonds. The number of fused-ring (bicyclic) bond motifs is 1. The molecule has 0 bridgehead atoms. The van der Waals surface area contributed by atoms with Crippen molar-refractivity contribution in [3.05, 3.63) is 65.1 Å². The molecule has 0 radical (unpaired) electrons. The quantitative estimate of drug-likeness (QED) is 0.653. The molecule has 1 aromatic heterocycles. The topological polar surface area (TPSA) is 45.6 Å². The average molecular weight is 400 g/mol. The molecule has 4 rings (SSSR count). The zero-order valence-corrected chi connectivity index (χ0v) is 16.1. The van der Waals surface area contributed by atoms with Crippen LogP contribution in [0.25, 0.3) is 10.9 Å². The Labute approximate surface area is 166 Å². The molecule has 144 valence electrons. The van der Waals surface area contributed by atoms with Gasteiger partial charge in [-0.25, -0.2) is 4.39 Å². The van der Waals surface area contributed by atoms with Gasteiger partial charge in [0.25, 0.3) is 5.91 Å². The molecule has 2 heterocycles. The molecule has 0 unspecified atom stereocenters. The van der Waals surface area contributed by atoms with Crippen LogP contribution in [-0.4, -0.2) is 47.5 Å². The minimum Gasteiger partial charge on any atom is -0.366 e. The predicted octanol–water partition coefficient (Wildman–Crippen LogP) is 4.06. The number of rotatable bonds is 2. The van der Waals surface area contributed by atoms with E-state index in [4.69, 9.17) is 11.6 Å². The molecular weight excluding hydrogens is 381 g/mol. The molecule has 0 N–H and O–H groups in total. The lowest BCUT2D eigenvalue weighted by molar-refractivity contribution is 0.0748. The summed E-state index contributed by atoms with van der Waals surface area (Å²) in [6.45, 7) is 3.50. The van der Waals surface area contributed by atoms with E-state index < -0.39 is 0 Å². The van der Waals surface area contributed by atoms with E-state index in [9.17, 15) is 14.0 Å². The Morgan fingerprint density at radius 3 is 2.43 bits per heavy atom. The van der Waals surface area contributed by atoms with E-state index in [2.05, 4.69) is 0 Å². The van der Waals surface area contributed by atoms with Crippen molar-refractivity contribution in [2.45, 2.75) is 6.92 Å². The van der Waals surface area contributed by atoms with Gasteiger partial charge in [0.1, 0.15) is 5.82 Å². The van der Waals surface area contributed by atoms with Crippen LogP contribution in [0.4, 0.5) is 10.1 Å². The van der Waals surface area contributed by atoms with E-state index >= 15 is 0 Å². The summed E-state index contributed by atoms with van der Waals surface area (Å²) in [5.74, 6) is -0.583. The lowest BCUT2D eigenvalue weighted by atomic mass is 10.1. The number of hydrogen-bond acceptors (Lipinski definition) is 3. The van der Waals surface area contributed by atoms with Gasteiger partial charge in [-0.15, -0.1) is 0 Å². The van der Waals surface area contributed by atoms with Crippen LogP contribution in [0.15, 0.2) is 48.7 Å². The van der Waals surface area contributed by atoms with Crippen LogP contribution < -0.4 is 4.90 Å². The van der Waals surface area contributed by atoms with Gasteiger partial charge in [0.2, 0.25) is 5.91 Å². The van der Waals surface area contributed by atoms with Gasteiger partial charge < -0.3 is 9.80 Å². The van der Waals surface area contributed by atoms with Crippen molar-refractivity contribution >= 4 is 40.0 Å². The first kappa shape index (κ1) is 18.5. The van der Waals surface area contributed by atoms with Crippen LogP contribution in [0, 0.1) is 5.82 Å². The Balaban J connectivity index is 1.58. The summed E-state index contributed by atoms with van der Waals surface area (Å²) in [6, 6.07) is 11.8. The fourth-order valence-electron chi connectivity index (χ4n) is 3.66. The lowest BCUT2D eigenvalue weighted by Crippen LogP contribution is -2.49. The third kappa shape index (κ3) is 3.24. The van der Waals surface area contributed by atoms with Crippen molar-refractivity contribution in [1.29, 1.82) is 0 Å². The number of aromatic nitrogens is 1. The molecular formula is C21H19ClFN3O2. The van der Waals surface area contributed by atoms with Gasteiger partial charge in [0.05, 0.1) is 16.8 Å². The normalized spacial score (nSPS) is 14.5. The van der Waals surface area contributed by atoms with Crippen molar-refractivity contribution in [1.82, 2.24) is 9.47 Å². The van der Waals surface area contributed by atoms with E-state index in [-0.39, 0.29) is 17.6 Å². The van der Waals surface area contributed by atoms with Crippen LogP contribution in [-0.2, 0) is 0 Å². The summed E-state index contributed by atoms with van der Waals surface area (Å²) in [4.78, 5) is 28.8. The molecule has 1 aliphatic rings. The number of benzene rings is 2. The number of carbonyl (C=O) groups is 2. The number of piperazine rings is 1. The molecule has 1 aliphatic heterocycles. The molecule has 0 saturated carbocycles. The number of halogens is 2. The first-order valence-electron chi connectivity index (χ1n) is 9.06. The summed E-state index contributed by atoms with van der Waals surface area (Å²) < 4.78 is 15.5. The first-order chi connectivity index (χ1) is 13.5. The Hall–Kier alpha value is -2.86. The van der Waals surface area contributed by atoms with Gasteiger partial charge in [0.15, 0.2) is 0 Å². The minimum absolute atomic E-state index is 0.138. The molecule has 1 saturated heterocycles. The largest absolute Gasteiger partial charge is 0.366 e. The Morgan fingerprint density at radius 1 is 1.04 bits per heavy atom. The fraction of sp³-hybridized carbons (Fsp3) is 0.238.